The van der Waals surface area contributed by atoms with Crippen LogP contribution < -0.4 is 0 Å². The molecule has 2 aromatic rings. The molecule has 0 aliphatic carbocycles. The molecule has 1 heteroatoms. The summed E-state index contributed by atoms with van der Waals surface area (Å²) in [6, 6.07) is 22.3. The lowest BCUT2D eigenvalue weighted by molar-refractivity contribution is 0.160. The summed E-state index contributed by atoms with van der Waals surface area (Å²) in [7, 11) is 0. The molecule has 1 nitrogen and oxygen atoms in total. The SMILES string of the molecule is CC[CH]C1CCN(C(c2ccccc2)c2ccccc2)CC1. The molecule has 115 valence electrons. The summed E-state index contributed by atoms with van der Waals surface area (Å²) in [5, 5.41) is 0. The lowest BCUT2D eigenvalue weighted by Gasteiger charge is -2.38. The third kappa shape index (κ3) is 3.59. The summed E-state index contributed by atoms with van der Waals surface area (Å²) < 4.78 is 0. The van der Waals surface area contributed by atoms with Crippen molar-refractivity contribution >= 4 is 0 Å². The highest BCUT2D eigenvalue weighted by Gasteiger charge is 2.26. The van der Waals surface area contributed by atoms with Crippen molar-refractivity contribution in [2.75, 3.05) is 13.1 Å². The van der Waals surface area contributed by atoms with E-state index in [1.54, 1.807) is 0 Å². The third-order valence-corrected chi connectivity index (χ3v) is 4.74. The van der Waals surface area contributed by atoms with Crippen molar-refractivity contribution in [2.45, 2.75) is 32.2 Å². The Morgan fingerprint density at radius 1 is 0.909 bits per heavy atom. The van der Waals surface area contributed by atoms with Gasteiger partial charge < -0.3 is 0 Å². The number of hydrogen-bond acceptors (Lipinski definition) is 1. The molecule has 0 spiro atoms. The van der Waals surface area contributed by atoms with Gasteiger partial charge in [-0.1, -0.05) is 74.0 Å². The maximum absolute atomic E-state index is 2.66. The van der Waals surface area contributed by atoms with E-state index in [1.807, 2.05) is 0 Å². The molecule has 0 bridgehead atoms. The van der Waals surface area contributed by atoms with Crippen molar-refractivity contribution < 1.29 is 0 Å². The second-order valence-electron chi connectivity index (χ2n) is 6.24. The van der Waals surface area contributed by atoms with Gasteiger partial charge in [-0.3, -0.25) is 4.90 Å². The van der Waals surface area contributed by atoms with Gasteiger partial charge in [-0.15, -0.1) is 0 Å². The normalized spacial score (nSPS) is 17.0. The van der Waals surface area contributed by atoms with Crippen LogP contribution in [0.5, 0.6) is 0 Å². The van der Waals surface area contributed by atoms with Crippen molar-refractivity contribution in [3.05, 3.63) is 78.2 Å². The first-order valence-corrected chi connectivity index (χ1v) is 8.55. The van der Waals surface area contributed by atoms with E-state index in [2.05, 4.69) is 78.9 Å². The highest BCUT2D eigenvalue weighted by atomic mass is 15.2. The molecular weight excluding hydrogens is 266 g/mol. The van der Waals surface area contributed by atoms with E-state index in [0.717, 1.165) is 5.92 Å². The molecule has 0 atom stereocenters. The Bertz CT molecular complexity index is 501. The second-order valence-corrected chi connectivity index (χ2v) is 6.24. The summed E-state index contributed by atoms with van der Waals surface area (Å²) >= 11 is 0. The average molecular weight is 292 g/mol. The fourth-order valence-corrected chi connectivity index (χ4v) is 3.63. The fraction of sp³-hybridized carbons (Fsp3) is 0.381. The van der Waals surface area contributed by atoms with Crippen molar-refractivity contribution in [2.24, 2.45) is 5.92 Å². The monoisotopic (exact) mass is 292 g/mol. The maximum Gasteiger partial charge on any atom is 0.0601 e. The molecule has 1 radical (unpaired) electrons. The number of likely N-dealkylation sites (tertiary alicyclic amines) is 1. The molecule has 1 heterocycles. The first kappa shape index (κ1) is 15.3. The highest BCUT2D eigenvalue weighted by molar-refractivity contribution is 5.31. The zero-order chi connectivity index (χ0) is 15.2. The molecule has 0 saturated carbocycles. The Kier molecular flexibility index (Phi) is 5.29. The van der Waals surface area contributed by atoms with Crippen LogP contribution in [0.1, 0.15) is 43.4 Å². The van der Waals surface area contributed by atoms with Gasteiger partial charge >= 0.3 is 0 Å². The molecule has 1 aliphatic heterocycles. The number of piperidine rings is 1. The van der Waals surface area contributed by atoms with Gasteiger partial charge in [-0.25, -0.2) is 0 Å². The molecule has 1 aliphatic rings. The van der Waals surface area contributed by atoms with Crippen LogP contribution in [0.15, 0.2) is 60.7 Å². The van der Waals surface area contributed by atoms with E-state index in [1.165, 1.54) is 43.5 Å². The molecule has 2 aromatic carbocycles. The van der Waals surface area contributed by atoms with E-state index in [9.17, 15) is 0 Å². The molecule has 1 fully saturated rings. The predicted octanol–water partition coefficient (Wildman–Crippen LogP) is 5.10. The number of benzene rings is 2. The van der Waals surface area contributed by atoms with Crippen LogP contribution in [0.2, 0.25) is 0 Å². The Labute approximate surface area is 135 Å². The van der Waals surface area contributed by atoms with E-state index in [-0.39, 0.29) is 0 Å². The molecule has 0 N–H and O–H groups in total. The lowest BCUT2D eigenvalue weighted by atomic mass is 9.89. The summed E-state index contributed by atoms with van der Waals surface area (Å²) in [6.07, 6.45) is 6.29. The Balaban J connectivity index is 1.81. The maximum atomic E-state index is 2.66. The summed E-state index contributed by atoms with van der Waals surface area (Å²) in [5.41, 5.74) is 2.82. The largest absolute Gasteiger partial charge is 0.292 e. The first-order valence-electron chi connectivity index (χ1n) is 8.55. The van der Waals surface area contributed by atoms with E-state index >= 15 is 0 Å². The molecule has 3 rings (SSSR count). The summed E-state index contributed by atoms with van der Waals surface area (Å²) in [5.74, 6) is 0.813. The molecule has 0 amide bonds. The topological polar surface area (TPSA) is 3.24 Å². The van der Waals surface area contributed by atoms with Crippen molar-refractivity contribution in [1.29, 1.82) is 0 Å². The Morgan fingerprint density at radius 3 is 1.86 bits per heavy atom. The van der Waals surface area contributed by atoms with Crippen molar-refractivity contribution in [1.82, 2.24) is 4.90 Å². The molecule has 0 unspecified atom stereocenters. The van der Waals surface area contributed by atoms with E-state index in [4.69, 9.17) is 0 Å². The van der Waals surface area contributed by atoms with E-state index in [0.29, 0.717) is 6.04 Å². The minimum Gasteiger partial charge on any atom is -0.292 e. The quantitative estimate of drug-likeness (QED) is 0.741. The zero-order valence-electron chi connectivity index (χ0n) is 13.5. The van der Waals surface area contributed by atoms with Crippen LogP contribution in [-0.4, -0.2) is 18.0 Å². The van der Waals surface area contributed by atoms with Crippen LogP contribution in [0.4, 0.5) is 0 Å². The summed E-state index contributed by atoms with van der Waals surface area (Å²) in [6.45, 7) is 4.63. The standard InChI is InChI=1S/C21H26N/c1-2-9-18-14-16-22(17-15-18)21(19-10-5-3-6-11-19)20-12-7-4-8-13-20/h3-13,18,21H,2,14-17H2,1H3. The number of hydrogen-bond donors (Lipinski definition) is 0. The smallest absolute Gasteiger partial charge is 0.0601 e. The van der Waals surface area contributed by atoms with Gasteiger partial charge in [-0.2, -0.15) is 0 Å². The Hall–Kier alpha value is -1.60. The van der Waals surface area contributed by atoms with Crippen LogP contribution in [-0.2, 0) is 0 Å². The van der Waals surface area contributed by atoms with Crippen molar-refractivity contribution in [3.63, 3.8) is 0 Å². The first-order chi connectivity index (χ1) is 10.9. The number of rotatable bonds is 5. The van der Waals surface area contributed by atoms with Gasteiger partial charge in [0.25, 0.3) is 0 Å². The van der Waals surface area contributed by atoms with Gasteiger partial charge in [0.05, 0.1) is 6.04 Å². The van der Waals surface area contributed by atoms with Gasteiger partial charge in [0.2, 0.25) is 0 Å². The van der Waals surface area contributed by atoms with Crippen LogP contribution in [0.25, 0.3) is 0 Å². The van der Waals surface area contributed by atoms with Crippen molar-refractivity contribution in [3.8, 4) is 0 Å². The minimum atomic E-state index is 0.393. The lowest BCUT2D eigenvalue weighted by Crippen LogP contribution is -2.37. The molecular formula is C21H26N. The molecule has 1 saturated heterocycles. The summed E-state index contributed by atoms with van der Waals surface area (Å²) in [4.78, 5) is 2.66. The predicted molar refractivity (Wildman–Crippen MR) is 93.6 cm³/mol. The number of nitrogens with zero attached hydrogens (tertiary/aromatic N) is 1. The van der Waals surface area contributed by atoms with Gasteiger partial charge in [-0.05, 0) is 49.4 Å². The highest BCUT2D eigenvalue weighted by Crippen LogP contribution is 2.33. The molecule has 22 heavy (non-hydrogen) atoms. The van der Waals surface area contributed by atoms with Crippen LogP contribution in [0, 0.1) is 12.3 Å². The second kappa shape index (κ2) is 7.60. The van der Waals surface area contributed by atoms with E-state index < -0.39 is 0 Å². The molecule has 0 aromatic heterocycles. The Morgan fingerprint density at radius 2 is 1.41 bits per heavy atom. The van der Waals surface area contributed by atoms with Gasteiger partial charge in [0.15, 0.2) is 0 Å². The fourth-order valence-electron chi connectivity index (χ4n) is 3.63. The third-order valence-electron chi connectivity index (χ3n) is 4.74. The van der Waals surface area contributed by atoms with Crippen LogP contribution in [0.3, 0.4) is 0 Å². The van der Waals surface area contributed by atoms with Gasteiger partial charge in [0, 0.05) is 0 Å². The average Bonchev–Trinajstić information content (AvgIpc) is 2.59. The van der Waals surface area contributed by atoms with Crippen LogP contribution >= 0.6 is 0 Å². The zero-order valence-corrected chi connectivity index (χ0v) is 13.5. The van der Waals surface area contributed by atoms with Gasteiger partial charge in [0.1, 0.15) is 0 Å². The minimum absolute atomic E-state index is 0.393.